The van der Waals surface area contributed by atoms with Crippen molar-refractivity contribution >= 4 is 22.7 Å². The number of rotatable bonds is 8. The molecule has 1 atom stereocenters. The van der Waals surface area contributed by atoms with Crippen molar-refractivity contribution in [2.75, 3.05) is 27.1 Å². The lowest BCUT2D eigenvalue weighted by Gasteiger charge is -2.11. The molecule has 0 aromatic heterocycles. The van der Waals surface area contributed by atoms with Gasteiger partial charge in [-0.15, -0.1) is 0 Å². The maximum Gasteiger partial charge on any atom is 0.339 e. The molecule has 0 aliphatic carbocycles. The molecular formula is C19H21NO6S. The summed E-state index contributed by atoms with van der Waals surface area (Å²) in [5.41, 5.74) is 0.991. The number of amides is 1. The van der Waals surface area contributed by atoms with E-state index in [0.717, 1.165) is 5.56 Å². The van der Waals surface area contributed by atoms with Crippen molar-refractivity contribution in [2.45, 2.75) is 11.4 Å². The van der Waals surface area contributed by atoms with E-state index in [1.54, 1.807) is 43.5 Å². The lowest BCUT2D eigenvalue weighted by Crippen LogP contribution is -2.28. The third kappa shape index (κ3) is 5.55. The minimum Gasteiger partial charge on any atom is -0.493 e. The molecule has 1 N–H and O–H groups in total. The molecule has 0 saturated carbocycles. The summed E-state index contributed by atoms with van der Waals surface area (Å²) < 4.78 is 27.1. The van der Waals surface area contributed by atoms with E-state index in [0.29, 0.717) is 16.4 Å². The van der Waals surface area contributed by atoms with Gasteiger partial charge < -0.3 is 19.5 Å². The average Bonchev–Trinajstić information content (AvgIpc) is 2.69. The zero-order valence-electron chi connectivity index (χ0n) is 15.3. The molecule has 8 heteroatoms. The van der Waals surface area contributed by atoms with Gasteiger partial charge in [0.1, 0.15) is 0 Å². The van der Waals surface area contributed by atoms with Crippen LogP contribution in [0.5, 0.6) is 11.5 Å². The number of carbonyl (C=O) groups is 2. The van der Waals surface area contributed by atoms with Crippen LogP contribution in [-0.4, -0.2) is 43.2 Å². The second-order valence-electron chi connectivity index (χ2n) is 5.49. The maximum absolute atomic E-state index is 12.1. The summed E-state index contributed by atoms with van der Waals surface area (Å²) in [5.74, 6) is 0.00337. The predicted octanol–water partition coefficient (Wildman–Crippen LogP) is 1.91. The van der Waals surface area contributed by atoms with Gasteiger partial charge in [-0.3, -0.25) is 9.00 Å². The Morgan fingerprint density at radius 2 is 1.74 bits per heavy atom. The van der Waals surface area contributed by atoms with Crippen LogP contribution in [0.2, 0.25) is 0 Å². The van der Waals surface area contributed by atoms with Gasteiger partial charge in [0.2, 0.25) is 0 Å². The van der Waals surface area contributed by atoms with E-state index in [9.17, 15) is 13.8 Å². The molecule has 0 bridgehead atoms. The Morgan fingerprint density at radius 1 is 1.04 bits per heavy atom. The number of esters is 1. The smallest absolute Gasteiger partial charge is 0.339 e. The van der Waals surface area contributed by atoms with Crippen LogP contribution in [0, 0.1) is 0 Å². The zero-order chi connectivity index (χ0) is 19.8. The van der Waals surface area contributed by atoms with Crippen molar-refractivity contribution in [3.05, 3.63) is 53.6 Å². The van der Waals surface area contributed by atoms with Crippen molar-refractivity contribution in [1.29, 1.82) is 0 Å². The SMILES string of the molecule is COc1ccc(CNC(=O)COC(=O)c2ccccc2[S@](C)=O)cc1OC. The number of benzene rings is 2. The number of ether oxygens (including phenoxy) is 3. The van der Waals surface area contributed by atoms with E-state index < -0.39 is 29.3 Å². The Hall–Kier alpha value is -2.87. The minimum absolute atomic E-state index is 0.186. The van der Waals surface area contributed by atoms with Crippen LogP contribution < -0.4 is 14.8 Å². The summed E-state index contributed by atoms with van der Waals surface area (Å²) in [5, 5.41) is 2.66. The zero-order valence-corrected chi connectivity index (χ0v) is 16.1. The Balaban J connectivity index is 1.90. The molecule has 0 heterocycles. The Labute approximate surface area is 160 Å². The largest absolute Gasteiger partial charge is 0.493 e. The van der Waals surface area contributed by atoms with Gasteiger partial charge >= 0.3 is 5.97 Å². The fourth-order valence-corrected chi connectivity index (χ4v) is 3.07. The first-order valence-corrected chi connectivity index (χ1v) is 9.59. The molecule has 144 valence electrons. The standard InChI is InChI=1S/C19H21NO6S/c1-24-15-9-8-13(10-16(15)25-2)11-20-18(21)12-26-19(22)14-6-4-5-7-17(14)27(3)23/h4-10H,11-12H2,1-3H3,(H,20,21)/t27-/m0/s1. The summed E-state index contributed by atoms with van der Waals surface area (Å²) in [6.07, 6.45) is 1.47. The average molecular weight is 391 g/mol. The molecule has 7 nitrogen and oxygen atoms in total. The van der Waals surface area contributed by atoms with E-state index in [2.05, 4.69) is 5.32 Å². The third-order valence-electron chi connectivity index (χ3n) is 3.69. The highest BCUT2D eigenvalue weighted by molar-refractivity contribution is 7.84. The fourth-order valence-electron chi connectivity index (χ4n) is 2.34. The van der Waals surface area contributed by atoms with Crippen LogP contribution in [0.25, 0.3) is 0 Å². The van der Waals surface area contributed by atoms with Crippen molar-refractivity contribution in [3.63, 3.8) is 0 Å². The van der Waals surface area contributed by atoms with Gasteiger partial charge in [-0.1, -0.05) is 18.2 Å². The molecule has 0 fully saturated rings. The van der Waals surface area contributed by atoms with E-state index in [1.165, 1.54) is 19.4 Å². The van der Waals surface area contributed by atoms with Crippen LogP contribution in [-0.2, 0) is 26.9 Å². The lowest BCUT2D eigenvalue weighted by molar-refractivity contribution is -0.124. The first-order chi connectivity index (χ1) is 13.0. The Kier molecular flexibility index (Phi) is 7.36. The molecule has 2 aromatic rings. The molecule has 0 spiro atoms. The van der Waals surface area contributed by atoms with Gasteiger partial charge in [-0.25, -0.2) is 4.79 Å². The summed E-state index contributed by atoms with van der Waals surface area (Å²) in [6.45, 7) is -0.191. The molecule has 0 unspecified atom stereocenters. The molecule has 2 aromatic carbocycles. The molecular weight excluding hydrogens is 370 g/mol. The number of hydrogen-bond acceptors (Lipinski definition) is 6. The van der Waals surface area contributed by atoms with Crippen LogP contribution in [0.15, 0.2) is 47.4 Å². The molecule has 1 amide bonds. The van der Waals surface area contributed by atoms with Crippen molar-refractivity contribution < 1.29 is 28.0 Å². The maximum atomic E-state index is 12.1. The first kappa shape index (κ1) is 20.4. The molecule has 0 aliphatic rings. The van der Waals surface area contributed by atoms with E-state index in [1.807, 2.05) is 0 Å². The highest BCUT2D eigenvalue weighted by Crippen LogP contribution is 2.27. The molecule has 2 rings (SSSR count). The quantitative estimate of drug-likeness (QED) is 0.692. The van der Waals surface area contributed by atoms with Crippen molar-refractivity contribution in [2.24, 2.45) is 0 Å². The second-order valence-corrected chi connectivity index (χ2v) is 6.84. The third-order valence-corrected chi connectivity index (χ3v) is 4.66. The summed E-state index contributed by atoms with van der Waals surface area (Å²) in [6, 6.07) is 11.7. The second kappa shape index (κ2) is 9.72. The highest BCUT2D eigenvalue weighted by Gasteiger charge is 2.16. The van der Waals surface area contributed by atoms with Crippen LogP contribution >= 0.6 is 0 Å². The molecule has 0 saturated heterocycles. The predicted molar refractivity (Wildman–Crippen MR) is 100 cm³/mol. The van der Waals surface area contributed by atoms with E-state index in [4.69, 9.17) is 14.2 Å². The van der Waals surface area contributed by atoms with E-state index in [-0.39, 0.29) is 12.1 Å². The number of hydrogen-bond donors (Lipinski definition) is 1. The van der Waals surface area contributed by atoms with Gasteiger partial charge in [0.05, 0.1) is 35.5 Å². The monoisotopic (exact) mass is 391 g/mol. The van der Waals surface area contributed by atoms with Crippen LogP contribution in [0.3, 0.4) is 0 Å². The van der Waals surface area contributed by atoms with Crippen molar-refractivity contribution in [1.82, 2.24) is 5.32 Å². The Bertz CT molecular complexity index is 852. The van der Waals surface area contributed by atoms with Gasteiger partial charge in [-0.2, -0.15) is 0 Å². The first-order valence-electron chi connectivity index (χ1n) is 8.03. The summed E-state index contributed by atoms with van der Waals surface area (Å²) >= 11 is 0. The minimum atomic E-state index is -1.33. The van der Waals surface area contributed by atoms with Gasteiger partial charge in [0.25, 0.3) is 5.91 Å². The molecule has 27 heavy (non-hydrogen) atoms. The topological polar surface area (TPSA) is 90.9 Å². The Morgan fingerprint density at radius 3 is 2.41 bits per heavy atom. The fraction of sp³-hybridized carbons (Fsp3) is 0.263. The van der Waals surface area contributed by atoms with Gasteiger partial charge in [0.15, 0.2) is 18.1 Å². The summed E-state index contributed by atoms with van der Waals surface area (Å²) in [4.78, 5) is 24.4. The normalized spacial score (nSPS) is 11.4. The van der Waals surface area contributed by atoms with Crippen LogP contribution in [0.4, 0.5) is 0 Å². The van der Waals surface area contributed by atoms with Gasteiger partial charge in [0, 0.05) is 12.8 Å². The lowest BCUT2D eigenvalue weighted by atomic mass is 10.2. The van der Waals surface area contributed by atoms with Crippen LogP contribution in [0.1, 0.15) is 15.9 Å². The number of nitrogens with one attached hydrogen (secondary N) is 1. The molecule has 0 aliphatic heterocycles. The highest BCUT2D eigenvalue weighted by atomic mass is 32.2. The molecule has 0 radical (unpaired) electrons. The van der Waals surface area contributed by atoms with Crippen molar-refractivity contribution in [3.8, 4) is 11.5 Å². The number of carbonyl (C=O) groups excluding carboxylic acids is 2. The summed E-state index contributed by atoms with van der Waals surface area (Å²) in [7, 11) is 1.74. The van der Waals surface area contributed by atoms with E-state index >= 15 is 0 Å². The number of methoxy groups -OCH3 is 2. The van der Waals surface area contributed by atoms with Gasteiger partial charge in [-0.05, 0) is 29.8 Å².